The molecular formula is C15H20N2O. The van der Waals surface area contributed by atoms with E-state index in [9.17, 15) is 0 Å². The highest BCUT2D eigenvalue weighted by Gasteiger charge is 2.37. The molecular weight excluding hydrogens is 224 g/mol. The van der Waals surface area contributed by atoms with Gasteiger partial charge in [0.2, 0.25) is 0 Å². The zero-order valence-corrected chi connectivity index (χ0v) is 11.1. The van der Waals surface area contributed by atoms with E-state index in [1.54, 1.807) is 0 Å². The zero-order chi connectivity index (χ0) is 13.2. The van der Waals surface area contributed by atoms with Crippen molar-refractivity contribution < 1.29 is 5.11 Å². The first-order chi connectivity index (χ1) is 8.56. The lowest BCUT2D eigenvalue weighted by molar-refractivity contribution is 0.259. The molecule has 1 fully saturated rings. The molecule has 0 bridgehead atoms. The Kier molecular flexibility index (Phi) is 3.58. The van der Waals surface area contributed by atoms with E-state index in [4.69, 9.17) is 10.4 Å². The molecule has 1 aliphatic heterocycles. The van der Waals surface area contributed by atoms with Gasteiger partial charge in [0, 0.05) is 24.4 Å². The quantitative estimate of drug-likeness (QED) is 0.888. The summed E-state index contributed by atoms with van der Waals surface area (Å²) in [4.78, 5) is 2.38. The van der Waals surface area contributed by atoms with Crippen LogP contribution >= 0.6 is 0 Å². The number of hydrogen-bond donors (Lipinski definition) is 1. The first kappa shape index (κ1) is 12.9. The van der Waals surface area contributed by atoms with E-state index >= 15 is 0 Å². The van der Waals surface area contributed by atoms with Gasteiger partial charge in [-0.2, -0.15) is 5.26 Å². The zero-order valence-electron chi connectivity index (χ0n) is 11.1. The molecule has 96 valence electrons. The van der Waals surface area contributed by atoms with E-state index in [1.165, 1.54) is 5.69 Å². The molecule has 0 saturated carbocycles. The van der Waals surface area contributed by atoms with E-state index in [0.29, 0.717) is 11.5 Å². The Morgan fingerprint density at radius 1 is 1.39 bits per heavy atom. The second-order valence-electron chi connectivity index (χ2n) is 5.66. The Morgan fingerprint density at radius 2 is 2.06 bits per heavy atom. The minimum Gasteiger partial charge on any atom is -0.396 e. The summed E-state index contributed by atoms with van der Waals surface area (Å²) in [6.45, 7) is 5.73. The highest BCUT2D eigenvalue weighted by atomic mass is 16.3. The van der Waals surface area contributed by atoms with Gasteiger partial charge in [-0.05, 0) is 56.9 Å². The molecule has 3 heteroatoms. The molecule has 0 aliphatic carbocycles. The summed E-state index contributed by atoms with van der Waals surface area (Å²) in [6.07, 6.45) is 1.98. The normalized spacial score (nSPS) is 21.9. The Labute approximate surface area is 109 Å². The number of rotatable bonds is 3. The number of anilines is 1. The Morgan fingerprint density at radius 3 is 2.61 bits per heavy atom. The van der Waals surface area contributed by atoms with Gasteiger partial charge in [-0.15, -0.1) is 0 Å². The minimum absolute atomic E-state index is 0.119. The first-order valence-electron chi connectivity index (χ1n) is 6.45. The second-order valence-corrected chi connectivity index (χ2v) is 5.66. The van der Waals surface area contributed by atoms with E-state index in [2.05, 4.69) is 24.8 Å². The van der Waals surface area contributed by atoms with Crippen LogP contribution in [0, 0.1) is 17.2 Å². The van der Waals surface area contributed by atoms with Gasteiger partial charge >= 0.3 is 0 Å². The first-order valence-corrected chi connectivity index (χ1v) is 6.45. The van der Waals surface area contributed by atoms with Crippen molar-refractivity contribution >= 4 is 5.69 Å². The number of aliphatic hydroxyl groups is 1. The summed E-state index contributed by atoms with van der Waals surface area (Å²) < 4.78 is 0. The lowest BCUT2D eigenvalue weighted by atomic mass is 9.94. The predicted octanol–water partition coefficient (Wildman–Crippen LogP) is 2.55. The largest absolute Gasteiger partial charge is 0.396 e. The van der Waals surface area contributed by atoms with Crippen molar-refractivity contribution in [3.8, 4) is 6.07 Å². The standard InChI is InChI=1S/C15H20N2O/c1-15(2)9-13(7-8-18)11-17(15)14-5-3-12(10-16)4-6-14/h3-6,13,18H,7-9,11H2,1-2H3. The van der Waals surface area contributed by atoms with Gasteiger partial charge in [0.15, 0.2) is 0 Å². The molecule has 18 heavy (non-hydrogen) atoms. The summed E-state index contributed by atoms with van der Waals surface area (Å²) in [5.74, 6) is 0.556. The fraction of sp³-hybridized carbons (Fsp3) is 0.533. The average Bonchev–Trinajstić information content (AvgIpc) is 2.65. The molecule has 0 spiro atoms. The van der Waals surface area contributed by atoms with E-state index in [-0.39, 0.29) is 12.1 Å². The number of nitrogens with zero attached hydrogens (tertiary/aromatic N) is 2. The van der Waals surface area contributed by atoms with Crippen molar-refractivity contribution in [3.63, 3.8) is 0 Å². The van der Waals surface area contributed by atoms with Gasteiger partial charge in [-0.3, -0.25) is 0 Å². The third kappa shape index (κ3) is 2.49. The van der Waals surface area contributed by atoms with Crippen molar-refractivity contribution in [3.05, 3.63) is 29.8 Å². The van der Waals surface area contributed by atoms with E-state index in [1.807, 2.05) is 24.3 Å². The molecule has 1 heterocycles. The molecule has 1 aromatic rings. The number of benzene rings is 1. The van der Waals surface area contributed by atoms with Crippen LogP contribution < -0.4 is 4.90 Å². The van der Waals surface area contributed by atoms with Crippen LogP contribution in [0.25, 0.3) is 0 Å². The van der Waals surface area contributed by atoms with Crippen molar-refractivity contribution in [2.75, 3.05) is 18.1 Å². The fourth-order valence-corrected chi connectivity index (χ4v) is 2.93. The molecule has 1 saturated heterocycles. The van der Waals surface area contributed by atoms with Crippen LogP contribution in [-0.2, 0) is 0 Å². The highest BCUT2D eigenvalue weighted by molar-refractivity contribution is 5.52. The summed E-state index contributed by atoms with van der Waals surface area (Å²) in [7, 11) is 0. The minimum atomic E-state index is 0.119. The summed E-state index contributed by atoms with van der Waals surface area (Å²) in [5.41, 5.74) is 1.98. The number of aliphatic hydroxyl groups excluding tert-OH is 1. The Bertz CT molecular complexity index is 445. The smallest absolute Gasteiger partial charge is 0.0991 e. The van der Waals surface area contributed by atoms with Crippen LogP contribution in [0.4, 0.5) is 5.69 Å². The molecule has 1 atom stereocenters. The molecule has 1 unspecified atom stereocenters. The van der Waals surface area contributed by atoms with Crippen LogP contribution in [0.2, 0.25) is 0 Å². The molecule has 0 amide bonds. The molecule has 0 aromatic heterocycles. The van der Waals surface area contributed by atoms with Gasteiger partial charge in [-0.25, -0.2) is 0 Å². The molecule has 1 N–H and O–H groups in total. The van der Waals surface area contributed by atoms with Crippen LogP contribution in [0.5, 0.6) is 0 Å². The maximum atomic E-state index is 9.07. The van der Waals surface area contributed by atoms with Crippen LogP contribution in [-0.4, -0.2) is 23.8 Å². The molecule has 0 radical (unpaired) electrons. The SMILES string of the molecule is CC1(C)CC(CCO)CN1c1ccc(C#N)cc1. The van der Waals surface area contributed by atoms with Gasteiger partial charge in [0.25, 0.3) is 0 Å². The lowest BCUT2D eigenvalue weighted by Gasteiger charge is -2.33. The molecule has 2 rings (SSSR count). The van der Waals surface area contributed by atoms with E-state index in [0.717, 1.165) is 19.4 Å². The van der Waals surface area contributed by atoms with Crippen LogP contribution in [0.15, 0.2) is 24.3 Å². The molecule has 3 nitrogen and oxygen atoms in total. The third-order valence-corrected chi connectivity index (χ3v) is 3.81. The fourth-order valence-electron chi connectivity index (χ4n) is 2.93. The number of nitriles is 1. The third-order valence-electron chi connectivity index (χ3n) is 3.81. The van der Waals surface area contributed by atoms with Crippen molar-refractivity contribution in [2.45, 2.75) is 32.2 Å². The molecule has 1 aromatic carbocycles. The predicted molar refractivity (Wildman–Crippen MR) is 72.4 cm³/mol. The van der Waals surface area contributed by atoms with E-state index < -0.39 is 0 Å². The van der Waals surface area contributed by atoms with Crippen molar-refractivity contribution in [1.29, 1.82) is 5.26 Å². The highest BCUT2D eigenvalue weighted by Crippen LogP contribution is 2.37. The second kappa shape index (κ2) is 4.99. The average molecular weight is 244 g/mol. The maximum Gasteiger partial charge on any atom is 0.0991 e. The summed E-state index contributed by atoms with van der Waals surface area (Å²) in [6, 6.07) is 9.91. The van der Waals surface area contributed by atoms with Crippen molar-refractivity contribution in [1.82, 2.24) is 0 Å². The maximum absolute atomic E-state index is 9.07. The molecule has 1 aliphatic rings. The topological polar surface area (TPSA) is 47.3 Å². The Balaban J connectivity index is 2.19. The number of hydrogen-bond acceptors (Lipinski definition) is 3. The van der Waals surface area contributed by atoms with Gasteiger partial charge in [0.1, 0.15) is 0 Å². The lowest BCUT2D eigenvalue weighted by Crippen LogP contribution is -2.38. The monoisotopic (exact) mass is 244 g/mol. The van der Waals surface area contributed by atoms with Crippen molar-refractivity contribution in [2.24, 2.45) is 5.92 Å². The van der Waals surface area contributed by atoms with Gasteiger partial charge < -0.3 is 10.0 Å². The van der Waals surface area contributed by atoms with Gasteiger partial charge in [0.05, 0.1) is 11.6 Å². The summed E-state index contributed by atoms with van der Waals surface area (Å²) >= 11 is 0. The van der Waals surface area contributed by atoms with Gasteiger partial charge in [-0.1, -0.05) is 0 Å². The van der Waals surface area contributed by atoms with Crippen LogP contribution in [0.1, 0.15) is 32.3 Å². The van der Waals surface area contributed by atoms with Crippen LogP contribution in [0.3, 0.4) is 0 Å². The summed E-state index contributed by atoms with van der Waals surface area (Å²) in [5, 5.41) is 17.9. The Hall–Kier alpha value is -1.53.